The van der Waals surface area contributed by atoms with Crippen LogP contribution in [-0.2, 0) is 33.2 Å². The summed E-state index contributed by atoms with van der Waals surface area (Å²) in [7, 11) is 1.28. The fourth-order valence-electron chi connectivity index (χ4n) is 3.19. The molecule has 3 fully saturated rings. The van der Waals surface area contributed by atoms with Gasteiger partial charge in [0, 0.05) is 0 Å². The molecule has 0 aromatic carbocycles. The second-order valence-corrected chi connectivity index (χ2v) is 7.03. The maximum absolute atomic E-state index is 11.6. The van der Waals surface area contributed by atoms with Crippen molar-refractivity contribution in [2.75, 3.05) is 13.7 Å². The van der Waals surface area contributed by atoms with Crippen molar-refractivity contribution in [2.24, 2.45) is 0 Å². The molecule has 0 amide bonds. The smallest absolute Gasteiger partial charge is 0.333 e. The van der Waals surface area contributed by atoms with Gasteiger partial charge in [0.05, 0.1) is 19.8 Å². The van der Waals surface area contributed by atoms with Crippen LogP contribution in [0.25, 0.3) is 0 Å². The van der Waals surface area contributed by atoms with E-state index in [1.807, 2.05) is 0 Å². The molecule has 5 atom stereocenters. The summed E-state index contributed by atoms with van der Waals surface area (Å²) in [5.74, 6) is -1.90. The third kappa shape index (κ3) is 3.29. The fourth-order valence-corrected chi connectivity index (χ4v) is 3.19. The van der Waals surface area contributed by atoms with Crippen LogP contribution >= 0.6 is 0 Å². The Balaban J connectivity index is 1.80. The van der Waals surface area contributed by atoms with Crippen molar-refractivity contribution in [1.82, 2.24) is 0 Å². The third-order valence-corrected chi connectivity index (χ3v) is 4.21. The highest BCUT2D eigenvalue weighted by Gasteiger charge is 2.57. The Kier molecular flexibility index (Phi) is 4.38. The van der Waals surface area contributed by atoms with Crippen LogP contribution in [0.15, 0.2) is 11.8 Å². The second kappa shape index (κ2) is 5.96. The lowest BCUT2D eigenvalue weighted by Gasteiger charge is -2.28. The number of esters is 1. The van der Waals surface area contributed by atoms with Gasteiger partial charge in [-0.3, -0.25) is 0 Å². The fraction of sp³-hybridized carbons (Fsp3) is 0.812. The number of carbonyl (C=O) groups excluding carboxylic acids is 1. The second-order valence-electron chi connectivity index (χ2n) is 7.03. The van der Waals surface area contributed by atoms with Crippen molar-refractivity contribution in [3.8, 4) is 0 Å². The van der Waals surface area contributed by atoms with Gasteiger partial charge < -0.3 is 33.5 Å². The molecule has 3 aliphatic heterocycles. The van der Waals surface area contributed by atoms with Gasteiger partial charge in [0.15, 0.2) is 17.7 Å². The number of fused-ring (bicyclic) bond motifs is 1. The highest BCUT2D eigenvalue weighted by Crippen LogP contribution is 2.42. The lowest BCUT2D eigenvalue weighted by atomic mass is 10.0. The average molecular weight is 344 g/mol. The van der Waals surface area contributed by atoms with Crippen molar-refractivity contribution in [3.63, 3.8) is 0 Å². The molecule has 0 spiro atoms. The van der Waals surface area contributed by atoms with Crippen molar-refractivity contribution < 1.29 is 38.3 Å². The van der Waals surface area contributed by atoms with Gasteiger partial charge in [-0.05, 0) is 27.7 Å². The molecule has 0 bridgehead atoms. The lowest BCUT2D eigenvalue weighted by molar-refractivity contribution is -0.191. The van der Waals surface area contributed by atoms with Crippen LogP contribution in [0.4, 0.5) is 0 Å². The van der Waals surface area contributed by atoms with Crippen LogP contribution in [0.3, 0.4) is 0 Å². The molecule has 0 aromatic rings. The van der Waals surface area contributed by atoms with E-state index in [4.69, 9.17) is 23.7 Å². The molecule has 3 heterocycles. The van der Waals surface area contributed by atoms with Crippen molar-refractivity contribution in [1.29, 1.82) is 0 Å². The van der Waals surface area contributed by atoms with Gasteiger partial charge in [0.1, 0.15) is 30.2 Å². The summed E-state index contributed by atoms with van der Waals surface area (Å²) in [6, 6.07) is 0. The molecule has 8 heteroatoms. The Morgan fingerprint density at radius 1 is 1.25 bits per heavy atom. The summed E-state index contributed by atoms with van der Waals surface area (Å²) in [6.45, 7) is 7.33. The van der Waals surface area contributed by atoms with Gasteiger partial charge in [-0.25, -0.2) is 4.79 Å². The first-order valence-corrected chi connectivity index (χ1v) is 7.93. The summed E-state index contributed by atoms with van der Waals surface area (Å²) in [6.07, 6.45) is -2.23. The molecule has 136 valence electrons. The predicted octanol–water partition coefficient (Wildman–Crippen LogP) is 0.475. The quantitative estimate of drug-likeness (QED) is 0.584. The third-order valence-electron chi connectivity index (χ3n) is 4.21. The van der Waals surface area contributed by atoms with Crippen LogP contribution in [0.2, 0.25) is 0 Å². The summed E-state index contributed by atoms with van der Waals surface area (Å²) in [5, 5.41) is 10.7. The first-order valence-electron chi connectivity index (χ1n) is 7.93. The maximum Gasteiger partial charge on any atom is 0.333 e. The Morgan fingerprint density at radius 3 is 2.54 bits per heavy atom. The zero-order valence-corrected chi connectivity index (χ0v) is 14.5. The number of hydrogen-bond donors (Lipinski definition) is 1. The van der Waals surface area contributed by atoms with Crippen LogP contribution in [0, 0.1) is 0 Å². The molecule has 0 aliphatic carbocycles. The Bertz CT molecular complexity index is 540. The number of aliphatic hydroxyl groups excluding tert-OH is 1. The summed E-state index contributed by atoms with van der Waals surface area (Å²) < 4.78 is 33.3. The molecule has 1 N–H and O–H groups in total. The molecule has 24 heavy (non-hydrogen) atoms. The van der Waals surface area contributed by atoms with Crippen LogP contribution < -0.4 is 0 Å². The normalized spacial score (nSPS) is 39.5. The predicted molar refractivity (Wildman–Crippen MR) is 79.7 cm³/mol. The monoisotopic (exact) mass is 344 g/mol. The molecule has 0 unspecified atom stereocenters. The standard InChI is InChI=1S/C16H24O8/c1-15(2)20-7-9(22-15)11(18)13-14-12(23-16(3,4)24-14)8(21-13)6-10(17)19-5/h6,9,11-14,18H,7H2,1-5H3/b8-6-/t9-,11-,12+,13+,14+/m1/s1. The van der Waals surface area contributed by atoms with E-state index in [1.165, 1.54) is 13.2 Å². The number of rotatable bonds is 3. The first-order chi connectivity index (χ1) is 11.1. The molecule has 3 aliphatic rings. The molecule has 8 nitrogen and oxygen atoms in total. The zero-order chi connectivity index (χ0) is 17.7. The van der Waals surface area contributed by atoms with Crippen LogP contribution in [-0.4, -0.2) is 66.9 Å². The van der Waals surface area contributed by atoms with Gasteiger partial charge in [-0.2, -0.15) is 0 Å². The van der Waals surface area contributed by atoms with Crippen LogP contribution in [0.5, 0.6) is 0 Å². The average Bonchev–Trinajstić information content (AvgIpc) is 3.10. The van der Waals surface area contributed by atoms with Crippen molar-refractivity contribution in [2.45, 2.75) is 69.8 Å². The molecule has 3 rings (SSSR count). The first kappa shape index (κ1) is 17.6. The van der Waals surface area contributed by atoms with E-state index in [0.717, 1.165) is 0 Å². The zero-order valence-electron chi connectivity index (χ0n) is 14.5. The van der Waals surface area contributed by atoms with E-state index < -0.39 is 48.1 Å². The summed E-state index contributed by atoms with van der Waals surface area (Å²) in [4.78, 5) is 11.6. The molecular formula is C16H24O8. The SMILES string of the molecule is COC(=O)/C=C1\O[C@@H]([C@H](O)[C@H]2COC(C)(C)O2)[C@H]2OC(C)(C)O[C@@H]12. The van der Waals surface area contributed by atoms with Crippen molar-refractivity contribution >= 4 is 5.97 Å². The van der Waals surface area contributed by atoms with Crippen LogP contribution in [0.1, 0.15) is 27.7 Å². The van der Waals surface area contributed by atoms with E-state index in [9.17, 15) is 9.90 Å². The number of methoxy groups -OCH3 is 1. The van der Waals surface area contributed by atoms with E-state index in [-0.39, 0.29) is 12.4 Å². The molecule has 0 aromatic heterocycles. The Labute approximate surface area is 140 Å². The van der Waals surface area contributed by atoms with E-state index in [1.54, 1.807) is 27.7 Å². The van der Waals surface area contributed by atoms with Crippen molar-refractivity contribution in [3.05, 3.63) is 11.8 Å². The number of carbonyl (C=O) groups is 1. The minimum atomic E-state index is -1.000. The molecule has 0 radical (unpaired) electrons. The van der Waals surface area contributed by atoms with E-state index in [2.05, 4.69) is 4.74 Å². The Hall–Kier alpha value is -1.19. The minimum Gasteiger partial charge on any atom is -0.486 e. The molecule has 0 saturated carbocycles. The van der Waals surface area contributed by atoms with E-state index in [0.29, 0.717) is 0 Å². The van der Waals surface area contributed by atoms with Gasteiger partial charge in [-0.15, -0.1) is 0 Å². The number of ether oxygens (including phenoxy) is 6. The van der Waals surface area contributed by atoms with Gasteiger partial charge >= 0.3 is 5.97 Å². The van der Waals surface area contributed by atoms with E-state index >= 15 is 0 Å². The van der Waals surface area contributed by atoms with Gasteiger partial charge in [0.25, 0.3) is 0 Å². The largest absolute Gasteiger partial charge is 0.486 e. The maximum atomic E-state index is 11.6. The van der Waals surface area contributed by atoms with Gasteiger partial charge in [-0.1, -0.05) is 0 Å². The Morgan fingerprint density at radius 2 is 1.96 bits per heavy atom. The number of hydrogen-bond acceptors (Lipinski definition) is 8. The summed E-state index contributed by atoms with van der Waals surface area (Å²) in [5.41, 5.74) is 0. The topological polar surface area (TPSA) is 92.7 Å². The number of aliphatic hydroxyl groups is 1. The minimum absolute atomic E-state index is 0.242. The highest BCUT2D eigenvalue weighted by atomic mass is 16.8. The highest BCUT2D eigenvalue weighted by molar-refractivity contribution is 5.82. The summed E-state index contributed by atoms with van der Waals surface area (Å²) >= 11 is 0. The lowest BCUT2D eigenvalue weighted by Crippen LogP contribution is -2.46. The molecule has 3 saturated heterocycles. The molecular weight excluding hydrogens is 320 g/mol. The van der Waals surface area contributed by atoms with Gasteiger partial charge in [0.2, 0.25) is 0 Å².